The maximum Gasteiger partial charge on any atom is 0.339 e. The highest BCUT2D eigenvalue weighted by molar-refractivity contribution is 7.99. The third kappa shape index (κ3) is 5.98. The number of hydrogen-bond donors (Lipinski definition) is 1. The number of nitrogens with zero attached hydrogens (tertiary/aromatic N) is 3. The maximum absolute atomic E-state index is 12.5. The Morgan fingerprint density at radius 2 is 2.00 bits per heavy atom. The molecule has 2 aromatic carbocycles. The molecule has 166 valence electrons. The number of hydrogen-bond acceptors (Lipinski definition) is 7. The molecular weight excluding hydrogens is 428 g/mol. The van der Waals surface area contributed by atoms with Crippen LogP contribution in [0.15, 0.2) is 66.3 Å². The lowest BCUT2D eigenvalue weighted by atomic mass is 10.2. The first kappa shape index (κ1) is 23.1. The molecule has 0 spiro atoms. The SMILES string of the molecule is C=CCn1c(COc2cccc(C)c2)nnc1SCC(=O)Nc1ccccc1C(=O)OC. The Morgan fingerprint density at radius 1 is 1.19 bits per heavy atom. The molecule has 8 nitrogen and oxygen atoms in total. The van der Waals surface area contributed by atoms with Crippen molar-refractivity contribution in [2.75, 3.05) is 18.2 Å². The van der Waals surface area contributed by atoms with Crippen LogP contribution in [0.3, 0.4) is 0 Å². The summed E-state index contributed by atoms with van der Waals surface area (Å²) in [6.45, 7) is 6.50. The van der Waals surface area contributed by atoms with Crippen molar-refractivity contribution in [2.24, 2.45) is 0 Å². The van der Waals surface area contributed by atoms with E-state index in [9.17, 15) is 9.59 Å². The van der Waals surface area contributed by atoms with Crippen LogP contribution in [0.4, 0.5) is 5.69 Å². The number of thioether (sulfide) groups is 1. The van der Waals surface area contributed by atoms with Crippen molar-refractivity contribution in [2.45, 2.75) is 25.2 Å². The van der Waals surface area contributed by atoms with E-state index in [4.69, 9.17) is 9.47 Å². The molecule has 1 amide bonds. The molecule has 0 radical (unpaired) electrons. The zero-order valence-electron chi connectivity index (χ0n) is 17.9. The van der Waals surface area contributed by atoms with Gasteiger partial charge >= 0.3 is 5.97 Å². The van der Waals surface area contributed by atoms with Crippen LogP contribution in [0.5, 0.6) is 5.75 Å². The third-order valence-electron chi connectivity index (χ3n) is 4.40. The Kier molecular flexibility index (Phi) is 8.04. The second-order valence-electron chi connectivity index (χ2n) is 6.78. The lowest BCUT2D eigenvalue weighted by Gasteiger charge is -2.11. The van der Waals surface area contributed by atoms with E-state index < -0.39 is 5.97 Å². The minimum absolute atomic E-state index is 0.0868. The van der Waals surface area contributed by atoms with Crippen molar-refractivity contribution in [1.82, 2.24) is 14.8 Å². The number of benzene rings is 2. The number of aromatic nitrogens is 3. The first-order valence-corrected chi connectivity index (χ1v) is 10.8. The molecule has 3 rings (SSSR count). The van der Waals surface area contributed by atoms with Crippen molar-refractivity contribution in [3.63, 3.8) is 0 Å². The van der Waals surface area contributed by atoms with Crippen LogP contribution in [0.25, 0.3) is 0 Å². The van der Waals surface area contributed by atoms with Gasteiger partial charge in [0.05, 0.1) is 24.1 Å². The molecule has 0 aliphatic carbocycles. The number of para-hydroxylation sites is 1. The summed E-state index contributed by atoms with van der Waals surface area (Å²) < 4.78 is 12.4. The highest BCUT2D eigenvalue weighted by Gasteiger charge is 2.16. The number of esters is 1. The summed E-state index contributed by atoms with van der Waals surface area (Å²) in [5.74, 6) is 0.666. The second kappa shape index (κ2) is 11.1. The number of methoxy groups -OCH3 is 1. The van der Waals surface area contributed by atoms with Crippen molar-refractivity contribution in [3.05, 3.63) is 78.1 Å². The van der Waals surface area contributed by atoms with Gasteiger partial charge in [0.25, 0.3) is 0 Å². The molecule has 0 unspecified atom stereocenters. The largest absolute Gasteiger partial charge is 0.486 e. The fraction of sp³-hybridized carbons (Fsp3) is 0.217. The average molecular weight is 453 g/mol. The van der Waals surface area contributed by atoms with E-state index in [1.165, 1.54) is 18.9 Å². The van der Waals surface area contributed by atoms with Crippen LogP contribution >= 0.6 is 11.8 Å². The van der Waals surface area contributed by atoms with E-state index in [0.29, 0.717) is 28.8 Å². The Bertz CT molecular complexity index is 1110. The molecular formula is C23H24N4O4S. The van der Waals surface area contributed by atoms with Crippen LogP contribution in [-0.4, -0.2) is 39.5 Å². The van der Waals surface area contributed by atoms with E-state index in [1.54, 1.807) is 30.3 Å². The number of aryl methyl sites for hydroxylation is 1. The number of ether oxygens (including phenoxy) is 2. The summed E-state index contributed by atoms with van der Waals surface area (Å²) >= 11 is 1.24. The van der Waals surface area contributed by atoms with Gasteiger partial charge in [-0.15, -0.1) is 16.8 Å². The van der Waals surface area contributed by atoms with Gasteiger partial charge in [-0.05, 0) is 36.8 Å². The van der Waals surface area contributed by atoms with E-state index in [0.717, 1.165) is 11.3 Å². The topological polar surface area (TPSA) is 95.3 Å². The zero-order chi connectivity index (χ0) is 22.9. The molecule has 1 N–H and O–H groups in total. The number of rotatable bonds is 10. The molecule has 1 heterocycles. The van der Waals surface area contributed by atoms with Crippen molar-refractivity contribution in [1.29, 1.82) is 0 Å². The molecule has 0 atom stereocenters. The van der Waals surface area contributed by atoms with Crippen LogP contribution in [-0.2, 0) is 22.7 Å². The van der Waals surface area contributed by atoms with Gasteiger partial charge in [0, 0.05) is 6.54 Å². The molecule has 0 saturated carbocycles. The first-order chi connectivity index (χ1) is 15.5. The Hall–Kier alpha value is -3.59. The highest BCUT2D eigenvalue weighted by atomic mass is 32.2. The number of allylic oxidation sites excluding steroid dienone is 1. The van der Waals surface area contributed by atoms with E-state index >= 15 is 0 Å². The van der Waals surface area contributed by atoms with Gasteiger partial charge < -0.3 is 14.8 Å². The molecule has 1 aromatic heterocycles. The summed E-state index contributed by atoms with van der Waals surface area (Å²) in [4.78, 5) is 24.4. The molecule has 9 heteroatoms. The molecule has 0 aliphatic rings. The smallest absolute Gasteiger partial charge is 0.339 e. The van der Waals surface area contributed by atoms with Crippen LogP contribution in [0.1, 0.15) is 21.7 Å². The average Bonchev–Trinajstić information content (AvgIpc) is 3.18. The Balaban J connectivity index is 1.64. The van der Waals surface area contributed by atoms with Gasteiger partial charge in [-0.1, -0.05) is 42.1 Å². The quantitative estimate of drug-likeness (QED) is 0.283. The number of carbonyl (C=O) groups is 2. The van der Waals surface area contributed by atoms with Gasteiger partial charge in [0.15, 0.2) is 11.0 Å². The Morgan fingerprint density at radius 3 is 2.75 bits per heavy atom. The molecule has 3 aromatic rings. The fourth-order valence-electron chi connectivity index (χ4n) is 2.89. The molecule has 32 heavy (non-hydrogen) atoms. The molecule has 0 aliphatic heterocycles. The van der Waals surface area contributed by atoms with Gasteiger partial charge in [0.2, 0.25) is 5.91 Å². The van der Waals surface area contributed by atoms with E-state index in [2.05, 4.69) is 22.1 Å². The zero-order valence-corrected chi connectivity index (χ0v) is 18.7. The monoisotopic (exact) mass is 452 g/mol. The van der Waals surface area contributed by atoms with Crippen LogP contribution < -0.4 is 10.1 Å². The number of nitrogens with one attached hydrogen (secondary N) is 1. The fourth-order valence-corrected chi connectivity index (χ4v) is 3.66. The van der Waals surface area contributed by atoms with Crippen molar-refractivity contribution >= 4 is 29.3 Å². The van der Waals surface area contributed by atoms with Gasteiger partial charge in [-0.3, -0.25) is 9.36 Å². The standard InChI is InChI=1S/C23H24N4O4S/c1-4-12-27-20(14-31-17-9-7-8-16(2)13-17)25-26-23(27)32-15-21(28)24-19-11-6-5-10-18(19)22(29)30-3/h4-11,13H,1,12,14-15H2,2-3H3,(H,24,28). The summed E-state index contributed by atoms with van der Waals surface area (Å²) in [6.07, 6.45) is 1.73. The summed E-state index contributed by atoms with van der Waals surface area (Å²) in [5, 5.41) is 11.7. The molecule has 0 fully saturated rings. The summed E-state index contributed by atoms with van der Waals surface area (Å²) in [7, 11) is 1.30. The third-order valence-corrected chi connectivity index (χ3v) is 5.37. The van der Waals surface area contributed by atoms with Crippen molar-refractivity contribution < 1.29 is 19.1 Å². The lowest BCUT2D eigenvalue weighted by Crippen LogP contribution is -2.17. The van der Waals surface area contributed by atoms with Gasteiger partial charge in [-0.2, -0.15) is 0 Å². The van der Waals surface area contributed by atoms with Gasteiger partial charge in [0.1, 0.15) is 12.4 Å². The number of amides is 1. The van der Waals surface area contributed by atoms with Gasteiger partial charge in [-0.25, -0.2) is 4.79 Å². The minimum atomic E-state index is -0.516. The molecule has 0 bridgehead atoms. The normalized spacial score (nSPS) is 10.4. The summed E-state index contributed by atoms with van der Waals surface area (Å²) in [5.41, 5.74) is 1.79. The van der Waals surface area contributed by atoms with E-state index in [1.807, 2.05) is 35.8 Å². The first-order valence-electron chi connectivity index (χ1n) is 9.84. The van der Waals surface area contributed by atoms with Crippen molar-refractivity contribution in [3.8, 4) is 5.75 Å². The minimum Gasteiger partial charge on any atom is -0.486 e. The van der Waals surface area contributed by atoms with E-state index in [-0.39, 0.29) is 18.3 Å². The number of carbonyl (C=O) groups excluding carboxylic acids is 2. The molecule has 0 saturated heterocycles. The second-order valence-corrected chi connectivity index (χ2v) is 7.72. The summed E-state index contributed by atoms with van der Waals surface area (Å²) in [6, 6.07) is 14.4. The lowest BCUT2D eigenvalue weighted by molar-refractivity contribution is -0.113. The van der Waals surface area contributed by atoms with Crippen LogP contribution in [0, 0.1) is 6.92 Å². The number of anilines is 1. The maximum atomic E-state index is 12.5. The Labute approximate surface area is 190 Å². The van der Waals surface area contributed by atoms with Crippen LogP contribution in [0.2, 0.25) is 0 Å². The predicted molar refractivity (Wildman–Crippen MR) is 123 cm³/mol. The predicted octanol–water partition coefficient (Wildman–Crippen LogP) is 3.87. The highest BCUT2D eigenvalue weighted by Crippen LogP contribution is 2.21.